The molecule has 0 fully saturated rings. The van der Waals surface area contributed by atoms with Crippen LogP contribution >= 0.6 is 0 Å². The number of hydrazone groups is 1. The molecule has 0 saturated carbocycles. The number of unbranched alkanes of at least 4 members (excludes halogenated alkanes) is 2. The standard InChI is InChI=1S/C16H25N5O2/c1-12(2)20-21-14-9-8-13(11-19-14)16(23)18-10-6-4-5-7-15(22)17-3/h8-9,11H,4-7,10H2,1-3H3,(H,17,22)(H,18,23)(H,19,21). The van der Waals surface area contributed by atoms with E-state index in [1.165, 1.54) is 6.20 Å². The Morgan fingerprint density at radius 3 is 2.57 bits per heavy atom. The molecule has 0 atom stereocenters. The summed E-state index contributed by atoms with van der Waals surface area (Å²) in [6, 6.07) is 3.42. The monoisotopic (exact) mass is 319 g/mol. The Kier molecular flexibility index (Phi) is 8.34. The van der Waals surface area contributed by atoms with Gasteiger partial charge in [0.15, 0.2) is 0 Å². The molecule has 0 spiro atoms. The number of amides is 2. The van der Waals surface area contributed by atoms with Gasteiger partial charge in [-0.2, -0.15) is 5.10 Å². The fourth-order valence-electron chi connectivity index (χ4n) is 1.78. The van der Waals surface area contributed by atoms with E-state index < -0.39 is 0 Å². The summed E-state index contributed by atoms with van der Waals surface area (Å²) in [5.74, 6) is 0.499. The predicted molar refractivity (Wildman–Crippen MR) is 91.5 cm³/mol. The van der Waals surface area contributed by atoms with Crippen LogP contribution in [0.5, 0.6) is 0 Å². The fraction of sp³-hybridized carbons (Fsp3) is 0.500. The summed E-state index contributed by atoms with van der Waals surface area (Å²) in [7, 11) is 1.63. The molecule has 7 heteroatoms. The lowest BCUT2D eigenvalue weighted by molar-refractivity contribution is -0.120. The van der Waals surface area contributed by atoms with E-state index in [0.29, 0.717) is 24.3 Å². The highest BCUT2D eigenvalue weighted by molar-refractivity contribution is 5.94. The summed E-state index contributed by atoms with van der Waals surface area (Å²) in [6.07, 6.45) is 4.63. The van der Waals surface area contributed by atoms with E-state index in [9.17, 15) is 9.59 Å². The maximum Gasteiger partial charge on any atom is 0.252 e. The molecule has 1 aromatic heterocycles. The van der Waals surface area contributed by atoms with Crippen LogP contribution in [0.1, 0.15) is 49.9 Å². The van der Waals surface area contributed by atoms with Crippen LogP contribution in [-0.4, -0.2) is 36.1 Å². The molecule has 23 heavy (non-hydrogen) atoms. The quantitative estimate of drug-likeness (QED) is 0.368. The van der Waals surface area contributed by atoms with Crippen molar-refractivity contribution in [3.8, 4) is 0 Å². The molecule has 0 bridgehead atoms. The SMILES string of the molecule is CNC(=O)CCCCCNC(=O)c1ccc(NN=C(C)C)nc1. The van der Waals surface area contributed by atoms with Gasteiger partial charge in [-0.1, -0.05) is 6.42 Å². The van der Waals surface area contributed by atoms with E-state index in [-0.39, 0.29) is 11.8 Å². The molecule has 0 unspecified atom stereocenters. The van der Waals surface area contributed by atoms with Gasteiger partial charge in [0.1, 0.15) is 5.82 Å². The zero-order chi connectivity index (χ0) is 17.1. The van der Waals surface area contributed by atoms with Gasteiger partial charge in [0.05, 0.1) is 5.56 Å². The van der Waals surface area contributed by atoms with Gasteiger partial charge in [0.2, 0.25) is 5.91 Å². The molecule has 3 N–H and O–H groups in total. The van der Waals surface area contributed by atoms with Crippen LogP contribution in [0, 0.1) is 0 Å². The number of rotatable bonds is 9. The molecular formula is C16H25N5O2. The number of carbonyl (C=O) groups is 2. The van der Waals surface area contributed by atoms with Crippen molar-refractivity contribution in [3.05, 3.63) is 23.9 Å². The van der Waals surface area contributed by atoms with Crippen molar-refractivity contribution in [2.45, 2.75) is 39.5 Å². The molecule has 126 valence electrons. The number of nitrogens with zero attached hydrogens (tertiary/aromatic N) is 2. The summed E-state index contributed by atoms with van der Waals surface area (Å²) in [6.45, 7) is 4.35. The van der Waals surface area contributed by atoms with Crippen LogP contribution in [0.2, 0.25) is 0 Å². The molecule has 0 aliphatic carbocycles. The van der Waals surface area contributed by atoms with Crippen molar-refractivity contribution in [3.63, 3.8) is 0 Å². The van der Waals surface area contributed by atoms with Crippen LogP contribution in [0.15, 0.2) is 23.4 Å². The number of anilines is 1. The minimum atomic E-state index is -0.148. The van der Waals surface area contributed by atoms with E-state index >= 15 is 0 Å². The van der Waals surface area contributed by atoms with Gasteiger partial charge >= 0.3 is 0 Å². The fourth-order valence-corrected chi connectivity index (χ4v) is 1.78. The van der Waals surface area contributed by atoms with Gasteiger partial charge in [-0.25, -0.2) is 4.98 Å². The number of carbonyl (C=O) groups excluding carboxylic acids is 2. The van der Waals surface area contributed by atoms with Crippen LogP contribution in [0.4, 0.5) is 5.82 Å². The van der Waals surface area contributed by atoms with Crippen LogP contribution < -0.4 is 16.1 Å². The topological polar surface area (TPSA) is 95.5 Å². The average molecular weight is 319 g/mol. The number of aromatic nitrogens is 1. The predicted octanol–water partition coefficient (Wildman–Crippen LogP) is 1.93. The van der Waals surface area contributed by atoms with Crippen LogP contribution in [0.3, 0.4) is 0 Å². The number of pyridine rings is 1. The summed E-state index contributed by atoms with van der Waals surface area (Å²) < 4.78 is 0. The first-order chi connectivity index (χ1) is 11.0. The molecule has 1 aromatic rings. The maximum absolute atomic E-state index is 11.9. The molecule has 0 aliphatic rings. The highest BCUT2D eigenvalue weighted by Gasteiger charge is 2.05. The van der Waals surface area contributed by atoms with E-state index in [2.05, 4.69) is 26.1 Å². The Hall–Kier alpha value is -2.44. The van der Waals surface area contributed by atoms with Crippen molar-refractivity contribution in [2.75, 3.05) is 19.0 Å². The Morgan fingerprint density at radius 2 is 1.96 bits per heavy atom. The van der Waals surface area contributed by atoms with E-state index in [1.807, 2.05) is 13.8 Å². The highest BCUT2D eigenvalue weighted by Crippen LogP contribution is 2.05. The van der Waals surface area contributed by atoms with Crippen molar-refractivity contribution < 1.29 is 9.59 Å². The lowest BCUT2D eigenvalue weighted by Crippen LogP contribution is -2.24. The van der Waals surface area contributed by atoms with Gasteiger partial charge in [0.25, 0.3) is 5.91 Å². The first kappa shape index (κ1) is 18.6. The van der Waals surface area contributed by atoms with Crippen molar-refractivity contribution in [2.24, 2.45) is 5.10 Å². The molecule has 1 heterocycles. The third-order valence-electron chi connectivity index (χ3n) is 3.06. The molecule has 0 radical (unpaired) electrons. The highest BCUT2D eigenvalue weighted by atomic mass is 16.2. The number of hydrogen-bond donors (Lipinski definition) is 3. The maximum atomic E-state index is 11.9. The smallest absolute Gasteiger partial charge is 0.252 e. The first-order valence-corrected chi connectivity index (χ1v) is 7.74. The average Bonchev–Trinajstić information content (AvgIpc) is 2.56. The van der Waals surface area contributed by atoms with Gasteiger partial charge in [-0.05, 0) is 38.8 Å². The molecular weight excluding hydrogens is 294 g/mol. The lowest BCUT2D eigenvalue weighted by atomic mass is 10.2. The van der Waals surface area contributed by atoms with Crippen LogP contribution in [0.25, 0.3) is 0 Å². The Morgan fingerprint density at radius 1 is 1.17 bits per heavy atom. The third-order valence-corrected chi connectivity index (χ3v) is 3.06. The zero-order valence-electron chi connectivity index (χ0n) is 14.0. The molecule has 0 aromatic carbocycles. The van der Waals surface area contributed by atoms with E-state index in [4.69, 9.17) is 0 Å². The largest absolute Gasteiger partial charge is 0.359 e. The Balaban J connectivity index is 2.27. The first-order valence-electron chi connectivity index (χ1n) is 7.74. The Bertz CT molecular complexity index is 536. The van der Waals surface area contributed by atoms with Crippen LogP contribution in [-0.2, 0) is 4.79 Å². The molecule has 0 saturated heterocycles. The van der Waals surface area contributed by atoms with Gasteiger partial charge in [-0.3, -0.25) is 15.0 Å². The molecule has 1 rings (SSSR count). The van der Waals surface area contributed by atoms with Crippen molar-refractivity contribution >= 4 is 23.3 Å². The summed E-state index contributed by atoms with van der Waals surface area (Å²) in [5, 5.41) is 9.47. The third kappa shape index (κ3) is 7.94. The minimum absolute atomic E-state index is 0.0522. The summed E-state index contributed by atoms with van der Waals surface area (Å²) in [5.41, 5.74) is 4.21. The zero-order valence-corrected chi connectivity index (χ0v) is 14.0. The Labute approximate surface area is 137 Å². The number of nitrogens with one attached hydrogen (secondary N) is 3. The minimum Gasteiger partial charge on any atom is -0.359 e. The van der Waals surface area contributed by atoms with Gasteiger partial charge in [-0.15, -0.1) is 0 Å². The van der Waals surface area contributed by atoms with Gasteiger partial charge in [0, 0.05) is 31.9 Å². The second-order valence-electron chi connectivity index (χ2n) is 5.34. The molecule has 7 nitrogen and oxygen atoms in total. The van der Waals surface area contributed by atoms with Crippen molar-refractivity contribution in [1.82, 2.24) is 15.6 Å². The van der Waals surface area contributed by atoms with E-state index in [1.54, 1.807) is 19.2 Å². The van der Waals surface area contributed by atoms with Crippen molar-refractivity contribution in [1.29, 1.82) is 0 Å². The number of hydrogen-bond acceptors (Lipinski definition) is 5. The van der Waals surface area contributed by atoms with Gasteiger partial charge < -0.3 is 10.6 Å². The van der Waals surface area contributed by atoms with E-state index in [0.717, 1.165) is 25.0 Å². The summed E-state index contributed by atoms with van der Waals surface area (Å²) >= 11 is 0. The normalized spacial score (nSPS) is 9.87. The molecule has 2 amide bonds. The lowest BCUT2D eigenvalue weighted by Gasteiger charge is -2.06. The summed E-state index contributed by atoms with van der Waals surface area (Å²) in [4.78, 5) is 27.1. The second kappa shape index (κ2) is 10.3. The molecule has 0 aliphatic heterocycles. The second-order valence-corrected chi connectivity index (χ2v) is 5.34.